The van der Waals surface area contributed by atoms with Crippen LogP contribution >= 0.6 is 24.0 Å². The molecule has 7 nitrogen and oxygen atoms in total. The minimum atomic E-state index is 0. The Bertz CT molecular complexity index is 894. The molecule has 2 N–H and O–H groups in total. The summed E-state index contributed by atoms with van der Waals surface area (Å²) in [7, 11) is 1.79. The molecule has 2 aliphatic heterocycles. The Morgan fingerprint density at radius 2 is 1.97 bits per heavy atom. The highest BCUT2D eigenvalue weighted by atomic mass is 127. The molecule has 3 heterocycles. The topological polar surface area (TPSA) is 71.0 Å². The van der Waals surface area contributed by atoms with Crippen LogP contribution in [0.2, 0.25) is 0 Å². The molecule has 0 spiro atoms. The Balaban J connectivity index is 0.00000306. The lowest BCUT2D eigenvalue weighted by molar-refractivity contribution is 0.0676. The summed E-state index contributed by atoms with van der Waals surface area (Å²) in [5.41, 5.74) is 3.42. The fourth-order valence-electron chi connectivity index (χ4n) is 4.14. The van der Waals surface area contributed by atoms with Gasteiger partial charge in [0.2, 0.25) is 0 Å². The zero-order valence-electron chi connectivity index (χ0n) is 19.7. The average molecular weight is 566 g/mol. The molecule has 8 heteroatoms. The molecule has 0 amide bonds. The summed E-state index contributed by atoms with van der Waals surface area (Å²) in [6.45, 7) is 7.05. The molecular weight excluding hydrogens is 529 g/mol. The van der Waals surface area contributed by atoms with Crippen molar-refractivity contribution >= 4 is 35.8 Å². The highest BCUT2D eigenvalue weighted by molar-refractivity contribution is 14.0. The molecule has 2 saturated heterocycles. The molecule has 4 rings (SSSR count). The van der Waals surface area contributed by atoms with E-state index in [4.69, 9.17) is 9.47 Å². The lowest BCUT2D eigenvalue weighted by atomic mass is 10.1. The number of aromatic nitrogens is 1. The maximum atomic E-state index is 6.11. The molecule has 0 saturated carbocycles. The van der Waals surface area contributed by atoms with Crippen molar-refractivity contribution in [1.29, 1.82) is 0 Å². The van der Waals surface area contributed by atoms with Crippen LogP contribution < -0.4 is 20.3 Å². The van der Waals surface area contributed by atoms with Crippen LogP contribution in [0.25, 0.3) is 0 Å². The van der Waals surface area contributed by atoms with Gasteiger partial charge in [-0.15, -0.1) is 24.0 Å². The van der Waals surface area contributed by atoms with Gasteiger partial charge in [-0.25, -0.2) is 4.98 Å². The first-order valence-electron chi connectivity index (χ1n) is 11.7. The second-order valence-electron chi connectivity index (χ2n) is 8.56. The normalized spacial score (nSPS) is 18.2. The van der Waals surface area contributed by atoms with Gasteiger partial charge in [0.1, 0.15) is 18.2 Å². The van der Waals surface area contributed by atoms with Crippen molar-refractivity contribution in [2.24, 2.45) is 4.99 Å². The minimum absolute atomic E-state index is 0. The zero-order chi connectivity index (χ0) is 22.2. The monoisotopic (exact) mass is 565 g/mol. The molecule has 1 aromatic heterocycles. The van der Waals surface area contributed by atoms with Crippen LogP contribution in [0, 0.1) is 6.92 Å². The SMILES string of the molecule is CN=C(NCc1ccc(N2CCCC2)nc1)NCc1ccc(C)cc1OCC1CCCO1.I. The van der Waals surface area contributed by atoms with Gasteiger partial charge in [-0.1, -0.05) is 18.2 Å². The van der Waals surface area contributed by atoms with Crippen molar-refractivity contribution in [3.8, 4) is 5.75 Å². The second kappa shape index (κ2) is 13.0. The third-order valence-electron chi connectivity index (χ3n) is 6.04. The van der Waals surface area contributed by atoms with Gasteiger partial charge in [0.15, 0.2) is 5.96 Å². The van der Waals surface area contributed by atoms with Gasteiger partial charge in [0.05, 0.1) is 6.10 Å². The van der Waals surface area contributed by atoms with E-state index in [2.05, 4.69) is 62.8 Å². The summed E-state index contributed by atoms with van der Waals surface area (Å²) in [5.74, 6) is 2.73. The fraction of sp³-hybridized carbons (Fsp3) is 0.520. The molecule has 1 aromatic carbocycles. The Morgan fingerprint density at radius 3 is 2.67 bits per heavy atom. The van der Waals surface area contributed by atoms with Gasteiger partial charge in [-0.2, -0.15) is 0 Å². The highest BCUT2D eigenvalue weighted by Gasteiger charge is 2.17. The summed E-state index contributed by atoms with van der Waals surface area (Å²) in [6, 6.07) is 10.6. The van der Waals surface area contributed by atoms with Crippen LogP contribution in [0.3, 0.4) is 0 Å². The minimum Gasteiger partial charge on any atom is -0.491 e. The standard InChI is InChI=1S/C25H35N5O2.HI/c1-19-7-9-21(23(14-19)32-18-22-6-5-13-31-22)17-29-25(26-2)28-16-20-8-10-24(27-15-20)30-11-3-4-12-30;/h7-10,14-15,22H,3-6,11-13,16-18H2,1-2H3,(H2,26,28,29);1H. The lowest BCUT2D eigenvalue weighted by Gasteiger charge is -2.18. The summed E-state index contributed by atoms with van der Waals surface area (Å²) in [4.78, 5) is 11.3. The lowest BCUT2D eigenvalue weighted by Crippen LogP contribution is -2.36. The predicted molar refractivity (Wildman–Crippen MR) is 144 cm³/mol. The molecule has 1 atom stereocenters. The Kier molecular flexibility index (Phi) is 10.1. The maximum absolute atomic E-state index is 6.11. The van der Waals surface area contributed by atoms with Crippen LogP contribution in [-0.4, -0.2) is 50.4 Å². The van der Waals surface area contributed by atoms with Crippen molar-refractivity contribution < 1.29 is 9.47 Å². The molecule has 2 aliphatic rings. The van der Waals surface area contributed by atoms with Crippen molar-refractivity contribution in [3.63, 3.8) is 0 Å². The number of hydrogen-bond donors (Lipinski definition) is 2. The number of benzene rings is 1. The Hall–Kier alpha value is -2.07. The van der Waals surface area contributed by atoms with Gasteiger partial charge < -0.3 is 25.0 Å². The first-order valence-corrected chi connectivity index (χ1v) is 11.7. The largest absolute Gasteiger partial charge is 0.491 e. The number of ether oxygens (including phenoxy) is 2. The van der Waals surface area contributed by atoms with Crippen molar-refractivity contribution in [3.05, 3.63) is 53.2 Å². The first-order chi connectivity index (χ1) is 15.7. The number of aryl methyl sites for hydroxylation is 1. The smallest absolute Gasteiger partial charge is 0.191 e. The summed E-state index contributed by atoms with van der Waals surface area (Å²) in [6.07, 6.45) is 6.87. The van der Waals surface area contributed by atoms with Gasteiger partial charge in [0, 0.05) is 51.6 Å². The summed E-state index contributed by atoms with van der Waals surface area (Å²) >= 11 is 0. The highest BCUT2D eigenvalue weighted by Crippen LogP contribution is 2.22. The molecule has 0 aliphatic carbocycles. The first kappa shape index (κ1) is 25.6. The van der Waals surface area contributed by atoms with E-state index in [1.54, 1.807) is 7.05 Å². The van der Waals surface area contributed by atoms with E-state index in [0.29, 0.717) is 19.7 Å². The number of halogens is 1. The molecule has 1 unspecified atom stereocenters. The molecule has 0 radical (unpaired) electrons. The third-order valence-corrected chi connectivity index (χ3v) is 6.04. The number of anilines is 1. The van der Waals surface area contributed by atoms with Crippen molar-refractivity contribution in [2.75, 3.05) is 38.3 Å². The molecule has 2 fully saturated rings. The predicted octanol–water partition coefficient (Wildman–Crippen LogP) is 4.03. The fourth-order valence-corrected chi connectivity index (χ4v) is 4.14. The van der Waals surface area contributed by atoms with E-state index in [1.807, 2.05) is 6.20 Å². The van der Waals surface area contributed by atoms with Gasteiger partial charge in [0.25, 0.3) is 0 Å². The molecule has 180 valence electrons. The second-order valence-corrected chi connectivity index (χ2v) is 8.56. The van der Waals surface area contributed by atoms with E-state index in [-0.39, 0.29) is 30.1 Å². The number of pyridine rings is 1. The molecule has 2 aromatic rings. The van der Waals surface area contributed by atoms with Crippen molar-refractivity contribution in [1.82, 2.24) is 15.6 Å². The number of nitrogens with zero attached hydrogens (tertiary/aromatic N) is 3. The van der Waals surface area contributed by atoms with Gasteiger partial charge >= 0.3 is 0 Å². The molecule has 33 heavy (non-hydrogen) atoms. The van der Waals surface area contributed by atoms with E-state index < -0.39 is 0 Å². The van der Waals surface area contributed by atoms with Crippen LogP contribution in [0.5, 0.6) is 5.75 Å². The van der Waals surface area contributed by atoms with Crippen LogP contribution in [0.1, 0.15) is 42.4 Å². The quantitative estimate of drug-likeness (QED) is 0.286. The maximum Gasteiger partial charge on any atom is 0.191 e. The number of rotatable bonds is 8. The van der Waals surface area contributed by atoms with Crippen molar-refractivity contribution in [2.45, 2.75) is 51.8 Å². The number of guanidine groups is 1. The zero-order valence-corrected chi connectivity index (χ0v) is 22.0. The van der Waals surface area contributed by atoms with E-state index in [1.165, 1.54) is 18.4 Å². The Labute approximate surface area is 214 Å². The van der Waals surface area contributed by atoms with Crippen LogP contribution in [0.15, 0.2) is 41.5 Å². The van der Waals surface area contributed by atoms with E-state index >= 15 is 0 Å². The number of hydrogen-bond acceptors (Lipinski definition) is 5. The van der Waals surface area contributed by atoms with E-state index in [9.17, 15) is 0 Å². The average Bonchev–Trinajstić information content (AvgIpc) is 3.54. The third kappa shape index (κ3) is 7.46. The Morgan fingerprint density at radius 1 is 1.15 bits per heavy atom. The van der Waals surface area contributed by atoms with Crippen LogP contribution in [0.4, 0.5) is 5.82 Å². The van der Waals surface area contributed by atoms with Crippen LogP contribution in [-0.2, 0) is 17.8 Å². The number of aliphatic imine (C=N–C) groups is 1. The number of nitrogens with one attached hydrogen (secondary N) is 2. The van der Waals surface area contributed by atoms with E-state index in [0.717, 1.165) is 61.2 Å². The molecular formula is C25H36IN5O2. The summed E-state index contributed by atoms with van der Waals surface area (Å²) in [5, 5.41) is 6.78. The summed E-state index contributed by atoms with van der Waals surface area (Å²) < 4.78 is 11.8. The van der Waals surface area contributed by atoms with Gasteiger partial charge in [-0.3, -0.25) is 4.99 Å². The molecule has 0 bridgehead atoms. The van der Waals surface area contributed by atoms with Gasteiger partial charge in [-0.05, 0) is 55.9 Å².